The zero-order chi connectivity index (χ0) is 14.1. The molecule has 18 heavy (non-hydrogen) atoms. The second-order valence-electron chi connectivity index (χ2n) is 5.11. The number of rotatable bonds is 3. The fourth-order valence-corrected chi connectivity index (χ4v) is 2.08. The van der Waals surface area contributed by atoms with Gasteiger partial charge in [0.1, 0.15) is 10.6 Å². The van der Waals surface area contributed by atoms with Gasteiger partial charge < -0.3 is 16.2 Å². The van der Waals surface area contributed by atoms with Crippen molar-refractivity contribution in [3.05, 3.63) is 11.3 Å². The quantitative estimate of drug-likeness (QED) is 0.771. The minimum atomic E-state index is -1.11. The number of carboxylic acid groups (broad SMARTS) is 1. The molecule has 0 radical (unpaired) electrons. The van der Waals surface area contributed by atoms with Crippen molar-refractivity contribution in [1.29, 1.82) is 0 Å². The van der Waals surface area contributed by atoms with Crippen molar-refractivity contribution in [2.45, 2.75) is 33.7 Å². The molecule has 1 unspecified atom stereocenters. The molecule has 100 valence electrons. The molecule has 0 bridgehead atoms. The monoisotopic (exact) mass is 271 g/mol. The van der Waals surface area contributed by atoms with E-state index in [1.54, 1.807) is 6.92 Å². The molecule has 1 heterocycles. The van der Waals surface area contributed by atoms with Gasteiger partial charge in [-0.15, -0.1) is 0 Å². The second kappa shape index (κ2) is 5.03. The number of carbonyl (C=O) groups is 2. The van der Waals surface area contributed by atoms with E-state index in [-0.39, 0.29) is 10.6 Å². The minimum Gasteiger partial charge on any atom is -0.478 e. The maximum atomic E-state index is 11.9. The van der Waals surface area contributed by atoms with E-state index in [0.29, 0.717) is 5.69 Å². The van der Waals surface area contributed by atoms with Gasteiger partial charge >= 0.3 is 5.97 Å². The van der Waals surface area contributed by atoms with E-state index in [0.717, 1.165) is 11.5 Å². The van der Waals surface area contributed by atoms with Crippen LogP contribution in [0.2, 0.25) is 0 Å². The van der Waals surface area contributed by atoms with Gasteiger partial charge in [0.25, 0.3) is 0 Å². The van der Waals surface area contributed by atoms with Gasteiger partial charge in [0.15, 0.2) is 0 Å². The van der Waals surface area contributed by atoms with E-state index in [1.165, 1.54) is 0 Å². The zero-order valence-electron chi connectivity index (χ0n) is 10.8. The van der Waals surface area contributed by atoms with Crippen molar-refractivity contribution in [2.75, 3.05) is 5.32 Å². The molecule has 0 fully saturated rings. The molecule has 0 aliphatic rings. The molecule has 0 aliphatic heterocycles. The van der Waals surface area contributed by atoms with E-state index in [9.17, 15) is 9.59 Å². The van der Waals surface area contributed by atoms with Crippen molar-refractivity contribution in [3.8, 4) is 0 Å². The number of aromatic carboxylic acids is 1. The third kappa shape index (κ3) is 3.05. The maximum Gasteiger partial charge on any atom is 0.340 e. The molecule has 0 spiro atoms. The lowest BCUT2D eigenvalue weighted by Gasteiger charge is -2.25. The van der Waals surface area contributed by atoms with Crippen LogP contribution in [-0.2, 0) is 4.79 Å². The Hall–Kier alpha value is -1.47. The molecule has 0 saturated carbocycles. The molecule has 6 nitrogen and oxygen atoms in total. The SMILES string of the molecule is Cc1nsc(NC(=O)C(N)C(C)(C)C)c1C(=O)O. The number of hydrogen-bond donors (Lipinski definition) is 3. The predicted octanol–water partition coefficient (Wildman–Crippen LogP) is 1.46. The molecule has 0 aromatic carbocycles. The Morgan fingerprint density at radius 3 is 2.44 bits per heavy atom. The molecule has 1 atom stereocenters. The number of amides is 1. The average Bonchev–Trinajstić information content (AvgIpc) is 2.57. The van der Waals surface area contributed by atoms with Crippen LogP contribution in [0.3, 0.4) is 0 Å². The van der Waals surface area contributed by atoms with E-state index < -0.39 is 23.3 Å². The molecule has 1 rings (SSSR count). The standard InChI is InChI=1S/C11H17N3O3S/c1-5-6(10(16)17)9(18-14-5)13-8(15)7(12)11(2,3)4/h7H,12H2,1-4H3,(H,13,15)(H,16,17). The number of aromatic nitrogens is 1. The Labute approximate surface area is 109 Å². The highest BCUT2D eigenvalue weighted by atomic mass is 32.1. The lowest BCUT2D eigenvalue weighted by molar-refractivity contribution is -0.119. The van der Waals surface area contributed by atoms with Crippen molar-refractivity contribution in [1.82, 2.24) is 4.37 Å². The van der Waals surface area contributed by atoms with Crippen molar-refractivity contribution in [2.24, 2.45) is 11.1 Å². The Balaban J connectivity index is 2.93. The van der Waals surface area contributed by atoms with Crippen molar-refractivity contribution >= 4 is 28.4 Å². The van der Waals surface area contributed by atoms with Gasteiger partial charge in [-0.25, -0.2) is 4.79 Å². The molecule has 0 saturated heterocycles. The molecule has 0 aliphatic carbocycles. The number of anilines is 1. The first-order valence-electron chi connectivity index (χ1n) is 5.40. The number of carbonyl (C=O) groups excluding carboxylic acids is 1. The van der Waals surface area contributed by atoms with Gasteiger partial charge in [-0.2, -0.15) is 4.37 Å². The number of carboxylic acids is 1. The van der Waals surface area contributed by atoms with Gasteiger partial charge in [-0.3, -0.25) is 4.79 Å². The van der Waals surface area contributed by atoms with Gasteiger partial charge in [0.2, 0.25) is 5.91 Å². The lowest BCUT2D eigenvalue weighted by Crippen LogP contribution is -2.45. The molecular weight excluding hydrogens is 254 g/mol. The second-order valence-corrected chi connectivity index (χ2v) is 5.88. The molecule has 4 N–H and O–H groups in total. The molecule has 1 aromatic rings. The molecular formula is C11H17N3O3S. The normalized spacial score (nSPS) is 13.2. The summed E-state index contributed by atoms with van der Waals surface area (Å²) < 4.78 is 3.92. The summed E-state index contributed by atoms with van der Waals surface area (Å²) in [4.78, 5) is 22.9. The van der Waals surface area contributed by atoms with Crippen molar-refractivity contribution in [3.63, 3.8) is 0 Å². The Bertz CT molecular complexity index is 476. The third-order valence-electron chi connectivity index (χ3n) is 2.53. The summed E-state index contributed by atoms with van der Waals surface area (Å²) in [5.74, 6) is -1.52. The van der Waals surface area contributed by atoms with Crippen LogP contribution >= 0.6 is 11.5 Å². The van der Waals surface area contributed by atoms with Gasteiger partial charge in [0.05, 0.1) is 11.7 Å². The van der Waals surface area contributed by atoms with E-state index in [4.69, 9.17) is 10.8 Å². The summed E-state index contributed by atoms with van der Waals surface area (Å²) in [6, 6.07) is -0.721. The van der Waals surface area contributed by atoms with Crippen LogP contribution in [0, 0.1) is 12.3 Å². The van der Waals surface area contributed by atoms with Crippen molar-refractivity contribution < 1.29 is 14.7 Å². The minimum absolute atomic E-state index is 0.0226. The van der Waals surface area contributed by atoms with E-state index in [1.807, 2.05) is 20.8 Å². The lowest BCUT2D eigenvalue weighted by atomic mass is 9.87. The van der Waals surface area contributed by atoms with Crippen LogP contribution in [-0.4, -0.2) is 27.4 Å². The predicted molar refractivity (Wildman–Crippen MR) is 69.9 cm³/mol. The number of aryl methyl sites for hydroxylation is 1. The summed E-state index contributed by atoms with van der Waals surface area (Å²) in [5, 5.41) is 11.8. The number of nitrogens with zero attached hydrogens (tertiary/aromatic N) is 1. The highest BCUT2D eigenvalue weighted by Crippen LogP contribution is 2.26. The molecule has 1 amide bonds. The summed E-state index contributed by atoms with van der Waals surface area (Å²) in [6.45, 7) is 7.10. The van der Waals surface area contributed by atoms with Crippen LogP contribution in [0.4, 0.5) is 5.00 Å². The fraction of sp³-hybridized carbons (Fsp3) is 0.545. The Morgan fingerprint density at radius 2 is 2.00 bits per heavy atom. The van der Waals surface area contributed by atoms with Crippen LogP contribution in [0.25, 0.3) is 0 Å². The third-order valence-corrected chi connectivity index (χ3v) is 3.38. The Kier molecular flexibility index (Phi) is 4.08. The van der Waals surface area contributed by atoms with Gasteiger partial charge in [-0.1, -0.05) is 20.8 Å². The first-order valence-corrected chi connectivity index (χ1v) is 6.18. The largest absolute Gasteiger partial charge is 0.478 e. The first kappa shape index (κ1) is 14.6. The highest BCUT2D eigenvalue weighted by molar-refractivity contribution is 7.11. The first-order chi connectivity index (χ1) is 8.14. The smallest absolute Gasteiger partial charge is 0.340 e. The highest BCUT2D eigenvalue weighted by Gasteiger charge is 2.29. The zero-order valence-corrected chi connectivity index (χ0v) is 11.6. The maximum absolute atomic E-state index is 11.9. The van der Waals surface area contributed by atoms with Crippen LogP contribution < -0.4 is 11.1 Å². The van der Waals surface area contributed by atoms with Gasteiger partial charge in [-0.05, 0) is 23.9 Å². The summed E-state index contributed by atoms with van der Waals surface area (Å²) in [6.07, 6.45) is 0. The van der Waals surface area contributed by atoms with E-state index in [2.05, 4.69) is 9.69 Å². The fourth-order valence-electron chi connectivity index (χ4n) is 1.29. The van der Waals surface area contributed by atoms with Crippen LogP contribution in [0.5, 0.6) is 0 Å². The van der Waals surface area contributed by atoms with Crippen LogP contribution in [0.1, 0.15) is 36.8 Å². The molecule has 7 heteroatoms. The number of hydrogen-bond acceptors (Lipinski definition) is 5. The topological polar surface area (TPSA) is 105 Å². The Morgan fingerprint density at radius 1 is 1.44 bits per heavy atom. The summed E-state index contributed by atoms with van der Waals surface area (Å²) in [5.41, 5.74) is 5.81. The molecule has 1 aromatic heterocycles. The number of nitrogens with two attached hydrogens (primary N) is 1. The van der Waals surface area contributed by atoms with Gasteiger partial charge in [0, 0.05) is 0 Å². The van der Waals surface area contributed by atoms with Crippen LogP contribution in [0.15, 0.2) is 0 Å². The summed E-state index contributed by atoms with van der Waals surface area (Å²) in [7, 11) is 0. The number of nitrogens with one attached hydrogen (secondary N) is 1. The van der Waals surface area contributed by atoms with E-state index >= 15 is 0 Å². The summed E-state index contributed by atoms with van der Waals surface area (Å²) >= 11 is 0.943. The average molecular weight is 271 g/mol.